The Kier molecular flexibility index (Phi) is 5.33. The van der Waals surface area contributed by atoms with Crippen LogP contribution in [0.5, 0.6) is 6.01 Å². The molecule has 158 valence electrons. The van der Waals surface area contributed by atoms with Crippen molar-refractivity contribution in [1.82, 2.24) is 19.9 Å². The molecule has 3 aromatic heterocycles. The minimum Gasteiger partial charge on any atom is -0.481 e. The van der Waals surface area contributed by atoms with Crippen LogP contribution in [-0.4, -0.2) is 37.1 Å². The van der Waals surface area contributed by atoms with Crippen molar-refractivity contribution in [2.24, 2.45) is 5.92 Å². The number of aliphatic carboxylic acids is 1. The molecule has 1 fully saturated rings. The molecular formula is C22H19ClN4O3S. The number of fused-ring (bicyclic) bond motifs is 1. The molecule has 0 saturated heterocycles. The van der Waals surface area contributed by atoms with Gasteiger partial charge >= 0.3 is 5.97 Å². The smallest absolute Gasteiger partial charge is 0.306 e. The topological polar surface area (TPSA) is 101 Å². The van der Waals surface area contributed by atoms with Gasteiger partial charge in [0.25, 0.3) is 6.01 Å². The SMILES string of the molecule is O=C(O)C1CCC(Oc2nc3nc(-c4ccc(-c5nccs5)cc4)c(Cl)cc3[nH]2)CC1. The van der Waals surface area contributed by atoms with Crippen LogP contribution in [0, 0.1) is 5.92 Å². The fraction of sp³-hybridized carbons (Fsp3) is 0.273. The first-order chi connectivity index (χ1) is 15.1. The number of hydrogen-bond donors (Lipinski definition) is 2. The van der Waals surface area contributed by atoms with Gasteiger partial charge in [-0.15, -0.1) is 11.3 Å². The molecule has 3 heterocycles. The number of hydrogen-bond acceptors (Lipinski definition) is 6. The zero-order valence-corrected chi connectivity index (χ0v) is 18.0. The first-order valence-corrected chi connectivity index (χ1v) is 11.3. The maximum Gasteiger partial charge on any atom is 0.306 e. The molecule has 2 N–H and O–H groups in total. The predicted molar refractivity (Wildman–Crippen MR) is 119 cm³/mol. The highest BCUT2D eigenvalue weighted by molar-refractivity contribution is 7.13. The molecule has 0 radical (unpaired) electrons. The Labute approximate surface area is 187 Å². The fourth-order valence-corrected chi connectivity index (χ4v) is 4.78. The van der Waals surface area contributed by atoms with Crippen molar-refractivity contribution in [2.75, 3.05) is 0 Å². The molecule has 0 atom stereocenters. The Morgan fingerprint density at radius 2 is 1.87 bits per heavy atom. The third-order valence-electron chi connectivity index (χ3n) is 5.54. The van der Waals surface area contributed by atoms with Crippen LogP contribution >= 0.6 is 22.9 Å². The molecule has 0 bridgehead atoms. The lowest BCUT2D eigenvalue weighted by Gasteiger charge is -2.25. The summed E-state index contributed by atoms with van der Waals surface area (Å²) in [5.41, 5.74) is 3.81. The molecule has 9 heteroatoms. The number of thiazole rings is 1. The standard InChI is InChI=1S/C22H19ClN4O3S/c23-16-11-17-19(27-22(25-17)30-15-7-5-14(6-8-15)21(28)29)26-18(16)12-1-3-13(4-2-12)20-24-9-10-31-20/h1-4,9-11,14-15H,5-8H2,(H,28,29)(H,25,26,27). The second-order valence-corrected chi connectivity index (χ2v) is 8.88. The van der Waals surface area contributed by atoms with Crippen molar-refractivity contribution < 1.29 is 14.6 Å². The summed E-state index contributed by atoms with van der Waals surface area (Å²) < 4.78 is 5.96. The van der Waals surface area contributed by atoms with Crippen molar-refractivity contribution in [1.29, 1.82) is 0 Å². The van der Waals surface area contributed by atoms with Crippen molar-refractivity contribution in [3.05, 3.63) is 46.9 Å². The molecule has 1 saturated carbocycles. The Balaban J connectivity index is 1.35. The highest BCUT2D eigenvalue weighted by Crippen LogP contribution is 2.32. The summed E-state index contributed by atoms with van der Waals surface area (Å²) in [5, 5.41) is 12.6. The number of pyridine rings is 1. The van der Waals surface area contributed by atoms with E-state index in [4.69, 9.17) is 21.4 Å². The van der Waals surface area contributed by atoms with Crippen molar-refractivity contribution in [2.45, 2.75) is 31.8 Å². The number of nitrogens with zero attached hydrogens (tertiary/aromatic N) is 3. The molecule has 4 aromatic rings. The lowest BCUT2D eigenvalue weighted by atomic mass is 9.87. The molecule has 1 aliphatic carbocycles. The van der Waals surface area contributed by atoms with Crippen molar-refractivity contribution in [3.63, 3.8) is 0 Å². The van der Waals surface area contributed by atoms with E-state index in [9.17, 15) is 4.79 Å². The number of carboxylic acids is 1. The van der Waals surface area contributed by atoms with Crippen LogP contribution in [0.3, 0.4) is 0 Å². The van der Waals surface area contributed by atoms with Crippen molar-refractivity contribution >= 4 is 40.1 Å². The Bertz CT molecular complexity index is 1220. The van der Waals surface area contributed by atoms with Gasteiger partial charge in [-0.2, -0.15) is 4.98 Å². The number of carboxylic acid groups (broad SMARTS) is 1. The van der Waals surface area contributed by atoms with Gasteiger partial charge in [-0.25, -0.2) is 9.97 Å². The number of ether oxygens (including phenoxy) is 1. The summed E-state index contributed by atoms with van der Waals surface area (Å²) in [4.78, 5) is 27.7. The van der Waals surface area contributed by atoms with Gasteiger partial charge in [0.1, 0.15) is 11.1 Å². The summed E-state index contributed by atoms with van der Waals surface area (Å²) in [5.74, 6) is -1.01. The number of benzene rings is 1. The second kappa shape index (κ2) is 8.28. The van der Waals surface area contributed by atoms with Gasteiger partial charge in [0.05, 0.1) is 22.2 Å². The van der Waals surface area contributed by atoms with E-state index in [1.807, 2.05) is 29.6 Å². The molecular weight excluding hydrogens is 436 g/mol. The molecule has 0 aliphatic heterocycles. The second-order valence-electron chi connectivity index (χ2n) is 7.58. The highest BCUT2D eigenvalue weighted by atomic mass is 35.5. The number of halogens is 1. The van der Waals surface area contributed by atoms with Crippen LogP contribution in [0.25, 0.3) is 33.0 Å². The molecule has 0 unspecified atom stereocenters. The molecule has 5 rings (SSSR count). The number of carbonyl (C=O) groups is 1. The van der Waals surface area contributed by atoms with Gasteiger partial charge in [0, 0.05) is 22.7 Å². The van der Waals surface area contributed by atoms with E-state index in [-0.39, 0.29) is 12.0 Å². The van der Waals surface area contributed by atoms with Crippen LogP contribution in [0.15, 0.2) is 41.9 Å². The molecule has 1 aliphatic rings. The number of H-pyrrole nitrogens is 1. The quantitative estimate of drug-likeness (QED) is 0.417. The summed E-state index contributed by atoms with van der Waals surface area (Å²) in [6.07, 6.45) is 4.36. The summed E-state index contributed by atoms with van der Waals surface area (Å²) in [6.45, 7) is 0. The van der Waals surface area contributed by atoms with E-state index in [0.717, 1.165) is 16.1 Å². The van der Waals surface area contributed by atoms with E-state index in [0.29, 0.717) is 53.6 Å². The molecule has 7 nitrogen and oxygen atoms in total. The monoisotopic (exact) mass is 454 g/mol. The van der Waals surface area contributed by atoms with Gasteiger partial charge < -0.3 is 14.8 Å². The van der Waals surface area contributed by atoms with Gasteiger partial charge in [-0.1, -0.05) is 35.9 Å². The molecule has 0 amide bonds. The zero-order valence-electron chi connectivity index (χ0n) is 16.4. The maximum atomic E-state index is 11.1. The van der Waals surface area contributed by atoms with Crippen LogP contribution in [0.1, 0.15) is 25.7 Å². The van der Waals surface area contributed by atoms with Crippen LogP contribution in [0.4, 0.5) is 0 Å². The van der Waals surface area contributed by atoms with Gasteiger partial charge in [0.2, 0.25) is 0 Å². The maximum absolute atomic E-state index is 11.1. The number of aromatic nitrogens is 4. The Morgan fingerprint density at radius 1 is 1.13 bits per heavy atom. The number of rotatable bonds is 5. The summed E-state index contributed by atoms with van der Waals surface area (Å²) in [6, 6.07) is 10.1. The Hall–Kier alpha value is -2.97. The lowest BCUT2D eigenvalue weighted by Crippen LogP contribution is -2.28. The molecule has 1 aromatic carbocycles. The number of aromatic amines is 1. The zero-order chi connectivity index (χ0) is 21.4. The first-order valence-electron chi connectivity index (χ1n) is 10.0. The number of imidazole rings is 1. The Morgan fingerprint density at radius 3 is 2.55 bits per heavy atom. The van der Waals surface area contributed by atoms with Gasteiger partial charge in [-0.3, -0.25) is 4.79 Å². The van der Waals surface area contributed by atoms with E-state index in [2.05, 4.69) is 19.9 Å². The normalized spacial score (nSPS) is 18.9. The average Bonchev–Trinajstić information content (AvgIpc) is 3.43. The largest absolute Gasteiger partial charge is 0.481 e. The van der Waals surface area contributed by atoms with E-state index < -0.39 is 5.97 Å². The van der Waals surface area contributed by atoms with Gasteiger partial charge in [0.15, 0.2) is 5.65 Å². The highest BCUT2D eigenvalue weighted by Gasteiger charge is 2.27. The van der Waals surface area contributed by atoms with Gasteiger partial charge in [-0.05, 0) is 31.7 Å². The third kappa shape index (κ3) is 4.13. The third-order valence-corrected chi connectivity index (χ3v) is 6.65. The average molecular weight is 455 g/mol. The van der Waals surface area contributed by atoms with Crippen molar-refractivity contribution in [3.8, 4) is 27.8 Å². The minimum absolute atomic E-state index is 0.0514. The predicted octanol–water partition coefficient (Wildman–Crippen LogP) is 5.42. The van der Waals surface area contributed by atoms with E-state index >= 15 is 0 Å². The van der Waals surface area contributed by atoms with E-state index in [1.54, 1.807) is 23.6 Å². The summed E-state index contributed by atoms with van der Waals surface area (Å²) >= 11 is 8.10. The minimum atomic E-state index is -0.728. The van der Waals surface area contributed by atoms with Crippen LogP contribution < -0.4 is 4.74 Å². The fourth-order valence-electron chi connectivity index (χ4n) is 3.88. The number of nitrogens with one attached hydrogen (secondary N) is 1. The first kappa shape index (κ1) is 20.0. The van der Waals surface area contributed by atoms with Crippen LogP contribution in [-0.2, 0) is 4.79 Å². The van der Waals surface area contributed by atoms with E-state index in [1.165, 1.54) is 0 Å². The van der Waals surface area contributed by atoms with Crippen LogP contribution in [0.2, 0.25) is 5.02 Å². The lowest BCUT2D eigenvalue weighted by molar-refractivity contribution is -0.143. The molecule has 31 heavy (non-hydrogen) atoms. The summed E-state index contributed by atoms with van der Waals surface area (Å²) in [7, 11) is 0. The molecule has 0 spiro atoms.